The van der Waals surface area contributed by atoms with Gasteiger partial charge in [-0.15, -0.1) is 0 Å². The van der Waals surface area contributed by atoms with Gasteiger partial charge in [0.05, 0.1) is 12.2 Å². The Labute approximate surface area is 119 Å². The summed E-state index contributed by atoms with van der Waals surface area (Å²) in [6.07, 6.45) is 2.85. The van der Waals surface area contributed by atoms with Crippen LogP contribution in [0.4, 0.5) is 9.52 Å². The van der Waals surface area contributed by atoms with Crippen molar-refractivity contribution in [3.05, 3.63) is 41.3 Å². The maximum atomic E-state index is 13.1. The van der Waals surface area contributed by atoms with E-state index in [-0.39, 0.29) is 16.1 Å². The van der Waals surface area contributed by atoms with Crippen LogP contribution in [0.3, 0.4) is 0 Å². The number of nitrogens with one attached hydrogen (secondary N) is 1. The van der Waals surface area contributed by atoms with E-state index in [1.165, 1.54) is 18.3 Å². The first-order valence-electron chi connectivity index (χ1n) is 5.97. The topological polar surface area (TPSA) is 85.1 Å². The van der Waals surface area contributed by atoms with Crippen LogP contribution in [-0.4, -0.2) is 13.4 Å². The zero-order chi connectivity index (χ0) is 14.3. The molecule has 0 saturated heterocycles. The molecule has 0 unspecified atom stereocenters. The number of fused-ring (bicyclic) bond motifs is 1. The zero-order valence-corrected chi connectivity index (χ0v) is 12.0. The summed E-state index contributed by atoms with van der Waals surface area (Å²) in [7, 11) is -3.72. The Bertz CT molecular complexity index is 758. The minimum atomic E-state index is -3.72. The summed E-state index contributed by atoms with van der Waals surface area (Å²) in [5.74, 6) is -0.241. The molecule has 1 aliphatic carbocycles. The zero-order valence-electron chi connectivity index (χ0n) is 10.3. The smallest absolute Gasteiger partial charge is 0.249 e. The normalized spacial score (nSPS) is 18.0. The highest BCUT2D eigenvalue weighted by Gasteiger charge is 2.24. The Morgan fingerprint density at radius 2 is 2.25 bits per heavy atom. The van der Waals surface area contributed by atoms with Gasteiger partial charge in [-0.2, -0.15) is 0 Å². The first-order chi connectivity index (χ1) is 9.43. The van der Waals surface area contributed by atoms with Crippen molar-refractivity contribution in [1.29, 1.82) is 0 Å². The lowest BCUT2D eigenvalue weighted by Crippen LogP contribution is -2.10. The van der Waals surface area contributed by atoms with Crippen LogP contribution in [0.1, 0.15) is 23.6 Å². The van der Waals surface area contributed by atoms with E-state index in [0.717, 1.165) is 35.3 Å². The molecule has 3 N–H and O–H groups in total. The summed E-state index contributed by atoms with van der Waals surface area (Å²) < 4.78 is 35.6. The molecule has 3 rings (SSSR count). The molecule has 1 heterocycles. The van der Waals surface area contributed by atoms with Crippen LogP contribution in [0, 0.1) is 5.82 Å². The Balaban J connectivity index is 1.82. The number of hydrogen-bond donors (Lipinski definition) is 2. The number of nitrogens with zero attached hydrogens (tertiary/aromatic N) is 1. The van der Waals surface area contributed by atoms with Crippen molar-refractivity contribution in [2.75, 3.05) is 5.32 Å². The molecule has 5 nitrogen and oxygen atoms in total. The quantitative estimate of drug-likeness (QED) is 0.908. The van der Waals surface area contributed by atoms with Gasteiger partial charge >= 0.3 is 0 Å². The van der Waals surface area contributed by atoms with E-state index in [1.807, 2.05) is 0 Å². The standard InChI is InChI=1S/C12H12FN3O2S2/c13-8-2-3-9-7(5-8)1-4-10(9)16-12-15-6-11(19-12)20(14,17)18/h2-3,5-6,10H,1,4H2,(H,15,16)(H2,14,17,18)/t10-/m0/s1. The first-order valence-corrected chi connectivity index (χ1v) is 8.33. The van der Waals surface area contributed by atoms with Crippen molar-refractivity contribution in [2.45, 2.75) is 23.1 Å². The van der Waals surface area contributed by atoms with E-state index in [4.69, 9.17) is 5.14 Å². The van der Waals surface area contributed by atoms with Crippen LogP contribution >= 0.6 is 11.3 Å². The first kappa shape index (κ1) is 13.5. The number of rotatable bonds is 3. The van der Waals surface area contributed by atoms with Gasteiger partial charge < -0.3 is 5.32 Å². The Morgan fingerprint density at radius 1 is 1.45 bits per heavy atom. The molecule has 0 bridgehead atoms. The number of anilines is 1. The molecule has 106 valence electrons. The highest BCUT2D eigenvalue weighted by atomic mass is 32.2. The second-order valence-electron chi connectivity index (χ2n) is 4.61. The third kappa shape index (κ3) is 2.54. The van der Waals surface area contributed by atoms with Crippen LogP contribution in [0.2, 0.25) is 0 Å². The van der Waals surface area contributed by atoms with Gasteiger partial charge in [0.25, 0.3) is 0 Å². The molecule has 1 aliphatic rings. The third-order valence-corrected chi connectivity index (χ3v) is 5.58. The van der Waals surface area contributed by atoms with Gasteiger partial charge in [-0.1, -0.05) is 17.4 Å². The largest absolute Gasteiger partial charge is 0.355 e. The van der Waals surface area contributed by atoms with Gasteiger partial charge in [-0.05, 0) is 36.1 Å². The minimum Gasteiger partial charge on any atom is -0.355 e. The molecule has 0 fully saturated rings. The van der Waals surface area contributed by atoms with Crippen LogP contribution in [0.25, 0.3) is 0 Å². The van der Waals surface area contributed by atoms with Gasteiger partial charge in [0.15, 0.2) is 9.34 Å². The van der Waals surface area contributed by atoms with Crippen LogP contribution < -0.4 is 10.5 Å². The number of benzene rings is 1. The summed E-state index contributed by atoms with van der Waals surface area (Å²) in [6, 6.07) is 4.74. The molecule has 0 amide bonds. The van der Waals surface area contributed by atoms with E-state index in [0.29, 0.717) is 5.13 Å². The number of nitrogens with two attached hydrogens (primary N) is 1. The number of aryl methyl sites for hydroxylation is 1. The number of thiazole rings is 1. The molecule has 0 radical (unpaired) electrons. The number of aromatic nitrogens is 1. The molecule has 0 spiro atoms. The van der Waals surface area contributed by atoms with Crippen molar-refractivity contribution in [3.63, 3.8) is 0 Å². The predicted molar refractivity (Wildman–Crippen MR) is 74.6 cm³/mol. The predicted octanol–water partition coefficient (Wildman–Crippen LogP) is 2.03. The molecular formula is C12H12FN3O2S2. The second-order valence-corrected chi connectivity index (χ2v) is 7.43. The van der Waals surface area contributed by atoms with E-state index >= 15 is 0 Å². The minimum absolute atomic E-state index is 0.0186. The summed E-state index contributed by atoms with van der Waals surface area (Å²) in [5, 5.41) is 8.72. The monoisotopic (exact) mass is 313 g/mol. The van der Waals surface area contributed by atoms with Gasteiger partial charge in [0.1, 0.15) is 5.82 Å². The van der Waals surface area contributed by atoms with Crippen LogP contribution in [0.5, 0.6) is 0 Å². The van der Waals surface area contributed by atoms with E-state index in [9.17, 15) is 12.8 Å². The molecule has 1 aromatic heterocycles. The summed E-state index contributed by atoms with van der Waals surface area (Å²) in [4.78, 5) is 4.01. The molecule has 1 aromatic carbocycles. The van der Waals surface area contributed by atoms with Gasteiger partial charge in [-0.3, -0.25) is 0 Å². The third-order valence-electron chi connectivity index (χ3n) is 3.25. The number of sulfonamides is 1. The van der Waals surface area contributed by atoms with E-state index in [2.05, 4.69) is 10.3 Å². The summed E-state index contributed by atoms with van der Waals surface area (Å²) in [5.41, 5.74) is 2.00. The average Bonchev–Trinajstić information content (AvgIpc) is 2.96. The highest BCUT2D eigenvalue weighted by molar-refractivity contribution is 7.91. The molecular weight excluding hydrogens is 301 g/mol. The van der Waals surface area contributed by atoms with Gasteiger partial charge in [0, 0.05) is 0 Å². The van der Waals surface area contributed by atoms with Crippen LogP contribution in [0.15, 0.2) is 28.6 Å². The SMILES string of the molecule is NS(=O)(=O)c1cnc(N[C@H]2CCc3cc(F)ccc32)s1. The summed E-state index contributed by atoms with van der Waals surface area (Å²) in [6.45, 7) is 0. The number of halogens is 1. The Kier molecular flexibility index (Phi) is 3.23. The average molecular weight is 313 g/mol. The van der Waals surface area contributed by atoms with E-state index < -0.39 is 10.0 Å². The molecule has 1 atom stereocenters. The van der Waals surface area contributed by atoms with Gasteiger partial charge in [-0.25, -0.2) is 22.9 Å². The van der Waals surface area contributed by atoms with Crippen molar-refractivity contribution in [3.8, 4) is 0 Å². The molecule has 2 aromatic rings. The molecule has 0 aliphatic heterocycles. The Morgan fingerprint density at radius 3 is 2.95 bits per heavy atom. The fraction of sp³-hybridized carbons (Fsp3) is 0.250. The Hall–Kier alpha value is -1.51. The number of primary sulfonamides is 1. The van der Waals surface area contributed by atoms with Gasteiger partial charge in [0.2, 0.25) is 10.0 Å². The fourth-order valence-electron chi connectivity index (χ4n) is 2.34. The lowest BCUT2D eigenvalue weighted by molar-refractivity contribution is 0.599. The molecule has 20 heavy (non-hydrogen) atoms. The summed E-state index contributed by atoms with van der Waals surface area (Å²) >= 11 is 0.995. The van der Waals surface area contributed by atoms with E-state index in [1.54, 1.807) is 6.07 Å². The second kappa shape index (κ2) is 4.80. The maximum Gasteiger partial charge on any atom is 0.249 e. The van der Waals surface area contributed by atoms with Crippen molar-refractivity contribution in [2.24, 2.45) is 5.14 Å². The lowest BCUT2D eigenvalue weighted by Gasteiger charge is -2.12. The number of hydrogen-bond acceptors (Lipinski definition) is 5. The maximum absolute atomic E-state index is 13.1. The highest BCUT2D eigenvalue weighted by Crippen LogP contribution is 2.35. The lowest BCUT2D eigenvalue weighted by atomic mass is 10.1. The van der Waals surface area contributed by atoms with Crippen molar-refractivity contribution in [1.82, 2.24) is 4.98 Å². The molecule has 8 heteroatoms. The fourth-order valence-corrected chi connectivity index (χ4v) is 3.85. The van der Waals surface area contributed by atoms with Crippen molar-refractivity contribution < 1.29 is 12.8 Å². The van der Waals surface area contributed by atoms with Crippen LogP contribution in [-0.2, 0) is 16.4 Å². The molecule has 0 saturated carbocycles. The van der Waals surface area contributed by atoms with Crippen molar-refractivity contribution >= 4 is 26.5 Å².